The fourth-order valence-corrected chi connectivity index (χ4v) is 1.33. The normalized spacial score (nSPS) is 10.1. The second kappa shape index (κ2) is 4.76. The Morgan fingerprint density at radius 1 is 1.33 bits per heavy atom. The van der Waals surface area contributed by atoms with Crippen LogP contribution >= 0.6 is 0 Å². The first kappa shape index (κ1) is 11.0. The van der Waals surface area contributed by atoms with E-state index in [-0.39, 0.29) is 24.4 Å². The first-order valence-electron chi connectivity index (χ1n) is 4.18. The molecule has 0 atom stereocenters. The highest BCUT2D eigenvalue weighted by Crippen LogP contribution is 2.06. The summed E-state index contributed by atoms with van der Waals surface area (Å²) in [6.45, 7) is 7.81. The van der Waals surface area contributed by atoms with Crippen LogP contribution in [0.25, 0.3) is 0 Å². The molecule has 0 rings (SSSR count). The SMILES string of the molecule is CC(C)N(C(=O)CC#N)C(C)C. The zero-order valence-electron chi connectivity index (χ0n) is 8.16. The van der Waals surface area contributed by atoms with E-state index in [1.54, 1.807) is 4.90 Å². The van der Waals surface area contributed by atoms with Crippen LogP contribution in [0.3, 0.4) is 0 Å². The highest BCUT2D eigenvalue weighted by Gasteiger charge is 2.18. The second-order valence-electron chi connectivity index (χ2n) is 3.32. The smallest absolute Gasteiger partial charge is 0.237 e. The molecule has 68 valence electrons. The Labute approximate surface area is 74.0 Å². The van der Waals surface area contributed by atoms with Crippen LogP contribution in [0, 0.1) is 11.3 Å². The number of carbonyl (C=O) groups excluding carboxylic acids is 1. The molecular weight excluding hydrogens is 152 g/mol. The molecule has 0 bridgehead atoms. The number of nitrogens with zero attached hydrogens (tertiary/aromatic N) is 2. The minimum absolute atomic E-state index is 0.0175. The van der Waals surface area contributed by atoms with Gasteiger partial charge in [-0.1, -0.05) is 0 Å². The molecule has 3 nitrogen and oxygen atoms in total. The van der Waals surface area contributed by atoms with Crippen molar-refractivity contribution in [1.29, 1.82) is 5.26 Å². The molecule has 0 fully saturated rings. The third kappa shape index (κ3) is 2.91. The van der Waals surface area contributed by atoms with Crippen molar-refractivity contribution in [2.24, 2.45) is 0 Å². The van der Waals surface area contributed by atoms with Gasteiger partial charge in [-0.3, -0.25) is 4.79 Å². The minimum atomic E-state index is -0.0810. The maximum Gasteiger partial charge on any atom is 0.237 e. The van der Waals surface area contributed by atoms with Crippen molar-refractivity contribution in [1.82, 2.24) is 4.90 Å². The van der Waals surface area contributed by atoms with Gasteiger partial charge in [0.15, 0.2) is 0 Å². The van der Waals surface area contributed by atoms with E-state index in [0.717, 1.165) is 0 Å². The van der Waals surface area contributed by atoms with Crippen LogP contribution < -0.4 is 0 Å². The average molecular weight is 168 g/mol. The van der Waals surface area contributed by atoms with Crippen LogP contribution in [0.2, 0.25) is 0 Å². The Balaban J connectivity index is 4.32. The van der Waals surface area contributed by atoms with Crippen molar-refractivity contribution >= 4 is 5.91 Å². The van der Waals surface area contributed by atoms with E-state index in [4.69, 9.17) is 5.26 Å². The topological polar surface area (TPSA) is 44.1 Å². The van der Waals surface area contributed by atoms with Gasteiger partial charge >= 0.3 is 0 Å². The summed E-state index contributed by atoms with van der Waals surface area (Å²) in [5.74, 6) is -0.0810. The van der Waals surface area contributed by atoms with Gasteiger partial charge in [0.1, 0.15) is 6.42 Å². The van der Waals surface area contributed by atoms with E-state index < -0.39 is 0 Å². The van der Waals surface area contributed by atoms with E-state index in [0.29, 0.717) is 0 Å². The Morgan fingerprint density at radius 2 is 1.75 bits per heavy atom. The number of hydrogen-bond donors (Lipinski definition) is 0. The minimum Gasteiger partial charge on any atom is -0.337 e. The lowest BCUT2D eigenvalue weighted by atomic mass is 10.2. The van der Waals surface area contributed by atoms with Crippen molar-refractivity contribution in [2.75, 3.05) is 0 Å². The maximum absolute atomic E-state index is 11.3. The number of hydrogen-bond acceptors (Lipinski definition) is 2. The van der Waals surface area contributed by atoms with Crippen LogP contribution in [0.5, 0.6) is 0 Å². The average Bonchev–Trinajstić information content (AvgIpc) is 1.85. The molecular formula is C9H16N2O. The summed E-state index contributed by atoms with van der Waals surface area (Å²) in [4.78, 5) is 13.1. The van der Waals surface area contributed by atoms with Gasteiger partial charge in [0.25, 0.3) is 0 Å². The molecule has 0 saturated heterocycles. The summed E-state index contributed by atoms with van der Waals surface area (Å²) >= 11 is 0. The molecule has 0 saturated carbocycles. The summed E-state index contributed by atoms with van der Waals surface area (Å²) in [6, 6.07) is 2.21. The summed E-state index contributed by atoms with van der Waals surface area (Å²) in [5, 5.41) is 8.35. The maximum atomic E-state index is 11.3. The quantitative estimate of drug-likeness (QED) is 0.641. The largest absolute Gasteiger partial charge is 0.337 e. The standard InChI is InChI=1S/C9H16N2O/c1-7(2)11(8(3)4)9(12)5-6-10/h7-8H,5H2,1-4H3. The van der Waals surface area contributed by atoms with Gasteiger partial charge in [0.05, 0.1) is 6.07 Å². The molecule has 0 aliphatic heterocycles. The van der Waals surface area contributed by atoms with Crippen LogP contribution in [-0.2, 0) is 4.79 Å². The number of rotatable bonds is 3. The van der Waals surface area contributed by atoms with Crippen molar-refractivity contribution < 1.29 is 4.79 Å². The number of nitriles is 1. The lowest BCUT2D eigenvalue weighted by Gasteiger charge is -2.29. The first-order chi connectivity index (χ1) is 5.50. The lowest BCUT2D eigenvalue weighted by molar-refractivity contribution is -0.133. The summed E-state index contributed by atoms with van der Waals surface area (Å²) < 4.78 is 0. The van der Waals surface area contributed by atoms with Crippen LogP contribution in [-0.4, -0.2) is 22.9 Å². The predicted molar refractivity (Wildman–Crippen MR) is 47.3 cm³/mol. The van der Waals surface area contributed by atoms with Gasteiger partial charge in [-0.05, 0) is 27.7 Å². The number of carbonyl (C=O) groups is 1. The van der Waals surface area contributed by atoms with Crippen LogP contribution in [0.15, 0.2) is 0 Å². The van der Waals surface area contributed by atoms with Gasteiger partial charge in [-0.25, -0.2) is 0 Å². The fourth-order valence-electron chi connectivity index (χ4n) is 1.33. The molecule has 3 heteroatoms. The molecule has 0 unspecified atom stereocenters. The van der Waals surface area contributed by atoms with Crippen molar-refractivity contribution in [3.05, 3.63) is 0 Å². The third-order valence-electron chi connectivity index (χ3n) is 1.63. The Bertz CT molecular complexity index is 183. The summed E-state index contributed by atoms with van der Waals surface area (Å²) in [6.07, 6.45) is -0.0175. The van der Waals surface area contributed by atoms with Crippen LogP contribution in [0.4, 0.5) is 0 Å². The molecule has 0 aromatic carbocycles. The summed E-state index contributed by atoms with van der Waals surface area (Å²) in [5.41, 5.74) is 0. The molecule has 0 aliphatic rings. The van der Waals surface area contributed by atoms with Crippen molar-refractivity contribution in [3.8, 4) is 6.07 Å². The molecule has 0 aliphatic carbocycles. The molecule has 0 N–H and O–H groups in total. The molecule has 0 aromatic heterocycles. The fraction of sp³-hybridized carbons (Fsp3) is 0.778. The second-order valence-corrected chi connectivity index (χ2v) is 3.32. The molecule has 1 amide bonds. The van der Waals surface area contributed by atoms with Gasteiger partial charge in [-0.15, -0.1) is 0 Å². The Morgan fingerprint density at radius 3 is 2.00 bits per heavy atom. The van der Waals surface area contributed by atoms with Gasteiger partial charge < -0.3 is 4.90 Å². The highest BCUT2D eigenvalue weighted by atomic mass is 16.2. The molecule has 0 aromatic rings. The van der Waals surface area contributed by atoms with Gasteiger partial charge in [0, 0.05) is 12.1 Å². The van der Waals surface area contributed by atoms with E-state index in [9.17, 15) is 4.79 Å². The highest BCUT2D eigenvalue weighted by molar-refractivity contribution is 5.78. The van der Waals surface area contributed by atoms with Crippen molar-refractivity contribution in [3.63, 3.8) is 0 Å². The number of amides is 1. The van der Waals surface area contributed by atoms with E-state index >= 15 is 0 Å². The zero-order valence-corrected chi connectivity index (χ0v) is 8.16. The zero-order chi connectivity index (χ0) is 9.72. The molecule has 12 heavy (non-hydrogen) atoms. The Hall–Kier alpha value is -1.04. The monoisotopic (exact) mass is 168 g/mol. The predicted octanol–water partition coefficient (Wildman–Crippen LogP) is 1.55. The van der Waals surface area contributed by atoms with Crippen molar-refractivity contribution in [2.45, 2.75) is 46.2 Å². The van der Waals surface area contributed by atoms with Gasteiger partial charge in [-0.2, -0.15) is 5.26 Å². The van der Waals surface area contributed by atoms with E-state index in [1.165, 1.54) is 0 Å². The molecule has 0 heterocycles. The molecule has 0 spiro atoms. The first-order valence-corrected chi connectivity index (χ1v) is 4.18. The van der Waals surface area contributed by atoms with Crippen LogP contribution in [0.1, 0.15) is 34.1 Å². The lowest BCUT2D eigenvalue weighted by Crippen LogP contribution is -2.41. The van der Waals surface area contributed by atoms with E-state index in [2.05, 4.69) is 0 Å². The van der Waals surface area contributed by atoms with E-state index in [1.807, 2.05) is 33.8 Å². The summed E-state index contributed by atoms with van der Waals surface area (Å²) in [7, 11) is 0. The Kier molecular flexibility index (Phi) is 4.35. The molecule has 0 radical (unpaired) electrons. The van der Waals surface area contributed by atoms with Gasteiger partial charge in [0.2, 0.25) is 5.91 Å². The third-order valence-corrected chi connectivity index (χ3v) is 1.63.